The zero-order valence-corrected chi connectivity index (χ0v) is 14.4. The quantitative estimate of drug-likeness (QED) is 0.896. The Kier molecular flexibility index (Phi) is 4.84. The number of carbonyl (C=O) groups is 2. The van der Waals surface area contributed by atoms with Gasteiger partial charge < -0.3 is 10.2 Å². The van der Waals surface area contributed by atoms with Crippen molar-refractivity contribution in [1.29, 1.82) is 0 Å². The summed E-state index contributed by atoms with van der Waals surface area (Å²) < 4.78 is 0. The Bertz CT molecular complexity index is 731. The standard InChI is InChI=1S/C16H19N5O2S/c1-10(2)15-19-20-16(24-15)18-14(23)11-7-13(22)21(8-11)9-12-5-3-4-6-17-12/h3-6,10-11H,7-9H2,1-2H3,(H,18,20,23)/t11-/m1/s1. The van der Waals surface area contributed by atoms with E-state index in [0.29, 0.717) is 18.2 Å². The zero-order chi connectivity index (χ0) is 17.1. The molecule has 0 spiro atoms. The fraction of sp³-hybridized carbons (Fsp3) is 0.438. The van der Waals surface area contributed by atoms with Crippen LogP contribution in [0, 0.1) is 5.92 Å². The van der Waals surface area contributed by atoms with Gasteiger partial charge in [-0.3, -0.25) is 14.6 Å². The second-order valence-electron chi connectivity index (χ2n) is 6.09. The van der Waals surface area contributed by atoms with Gasteiger partial charge in [-0.05, 0) is 12.1 Å². The van der Waals surface area contributed by atoms with Gasteiger partial charge in [-0.1, -0.05) is 31.3 Å². The second-order valence-corrected chi connectivity index (χ2v) is 7.09. The normalized spacial score (nSPS) is 17.5. The molecule has 8 heteroatoms. The van der Waals surface area contributed by atoms with Crippen molar-refractivity contribution in [3.05, 3.63) is 35.1 Å². The molecule has 2 amide bonds. The molecule has 1 aliphatic rings. The average molecular weight is 345 g/mol. The Morgan fingerprint density at radius 3 is 2.92 bits per heavy atom. The number of likely N-dealkylation sites (tertiary alicyclic amines) is 1. The van der Waals surface area contributed by atoms with Crippen molar-refractivity contribution in [2.24, 2.45) is 5.92 Å². The molecule has 7 nitrogen and oxygen atoms in total. The number of carbonyl (C=O) groups excluding carboxylic acids is 2. The summed E-state index contributed by atoms with van der Waals surface area (Å²) in [7, 11) is 0. The highest BCUT2D eigenvalue weighted by molar-refractivity contribution is 7.15. The lowest BCUT2D eigenvalue weighted by Gasteiger charge is -2.15. The third kappa shape index (κ3) is 3.76. The largest absolute Gasteiger partial charge is 0.336 e. The molecule has 1 atom stereocenters. The molecule has 3 rings (SSSR count). The average Bonchev–Trinajstić information content (AvgIpc) is 3.16. The van der Waals surface area contributed by atoms with E-state index in [4.69, 9.17) is 0 Å². The number of rotatable bonds is 5. The van der Waals surface area contributed by atoms with E-state index in [1.807, 2.05) is 32.0 Å². The van der Waals surface area contributed by atoms with Crippen LogP contribution in [0.2, 0.25) is 0 Å². The first-order valence-electron chi connectivity index (χ1n) is 7.85. The summed E-state index contributed by atoms with van der Waals surface area (Å²) in [4.78, 5) is 30.4. The predicted molar refractivity (Wildman–Crippen MR) is 90.4 cm³/mol. The van der Waals surface area contributed by atoms with Crippen LogP contribution in [0.1, 0.15) is 36.9 Å². The summed E-state index contributed by atoms with van der Waals surface area (Å²) in [6, 6.07) is 5.59. The molecule has 3 heterocycles. The molecule has 2 aromatic rings. The SMILES string of the molecule is CC(C)c1nnc(NC(=O)[C@@H]2CC(=O)N(Cc3ccccn3)C2)s1. The number of hydrogen-bond acceptors (Lipinski definition) is 6. The van der Waals surface area contributed by atoms with Crippen molar-refractivity contribution >= 4 is 28.3 Å². The summed E-state index contributed by atoms with van der Waals surface area (Å²) in [5.41, 5.74) is 0.817. The van der Waals surface area contributed by atoms with Crippen molar-refractivity contribution in [2.75, 3.05) is 11.9 Å². The summed E-state index contributed by atoms with van der Waals surface area (Å²) in [6.45, 7) is 4.88. The van der Waals surface area contributed by atoms with Gasteiger partial charge in [-0.25, -0.2) is 0 Å². The number of hydrogen-bond donors (Lipinski definition) is 1. The van der Waals surface area contributed by atoms with Gasteiger partial charge in [0.05, 0.1) is 18.2 Å². The van der Waals surface area contributed by atoms with Crippen molar-refractivity contribution in [3.63, 3.8) is 0 Å². The van der Waals surface area contributed by atoms with E-state index < -0.39 is 0 Å². The van der Waals surface area contributed by atoms with Crippen LogP contribution >= 0.6 is 11.3 Å². The van der Waals surface area contributed by atoms with E-state index in [-0.39, 0.29) is 30.1 Å². The van der Waals surface area contributed by atoms with E-state index >= 15 is 0 Å². The van der Waals surface area contributed by atoms with Crippen molar-refractivity contribution in [3.8, 4) is 0 Å². The third-order valence-corrected chi connectivity index (χ3v) is 4.97. The Labute approximate surface area is 144 Å². The molecule has 126 valence electrons. The van der Waals surface area contributed by atoms with Gasteiger partial charge >= 0.3 is 0 Å². The fourth-order valence-corrected chi connectivity index (χ4v) is 3.26. The van der Waals surface area contributed by atoms with E-state index in [0.717, 1.165) is 10.7 Å². The van der Waals surface area contributed by atoms with E-state index in [9.17, 15) is 9.59 Å². The number of aromatic nitrogens is 3. The first-order chi connectivity index (χ1) is 11.5. The van der Waals surface area contributed by atoms with Gasteiger partial charge in [-0.15, -0.1) is 10.2 Å². The minimum atomic E-state index is -0.368. The molecule has 1 aliphatic heterocycles. The first kappa shape index (κ1) is 16.5. The molecule has 1 saturated heterocycles. The topological polar surface area (TPSA) is 88.1 Å². The maximum absolute atomic E-state index is 12.4. The van der Waals surface area contributed by atoms with Crippen LogP contribution in [0.15, 0.2) is 24.4 Å². The fourth-order valence-electron chi connectivity index (χ4n) is 2.51. The number of pyridine rings is 1. The molecule has 2 aromatic heterocycles. The molecule has 24 heavy (non-hydrogen) atoms. The van der Waals surface area contributed by atoms with Crippen molar-refractivity contribution < 1.29 is 9.59 Å². The minimum absolute atomic E-state index is 0.0269. The molecule has 0 bridgehead atoms. The van der Waals surface area contributed by atoms with Crippen molar-refractivity contribution in [2.45, 2.75) is 32.7 Å². The molecule has 0 radical (unpaired) electrons. The zero-order valence-electron chi connectivity index (χ0n) is 13.6. The Morgan fingerprint density at radius 1 is 1.42 bits per heavy atom. The maximum Gasteiger partial charge on any atom is 0.231 e. The minimum Gasteiger partial charge on any atom is -0.336 e. The van der Waals surface area contributed by atoms with Crippen LogP contribution in [0.4, 0.5) is 5.13 Å². The first-order valence-corrected chi connectivity index (χ1v) is 8.66. The molecule has 0 unspecified atom stereocenters. The molecule has 0 aromatic carbocycles. The number of amides is 2. The number of nitrogens with one attached hydrogen (secondary N) is 1. The molecule has 1 N–H and O–H groups in total. The number of anilines is 1. The molecular formula is C16H19N5O2S. The van der Waals surface area contributed by atoms with E-state index in [2.05, 4.69) is 20.5 Å². The summed E-state index contributed by atoms with van der Waals surface area (Å²) >= 11 is 1.37. The smallest absolute Gasteiger partial charge is 0.231 e. The monoisotopic (exact) mass is 345 g/mol. The molecular weight excluding hydrogens is 326 g/mol. The molecule has 0 saturated carbocycles. The van der Waals surface area contributed by atoms with Gasteiger partial charge in [0, 0.05) is 25.1 Å². The van der Waals surface area contributed by atoms with Gasteiger partial charge in [0.15, 0.2) is 0 Å². The summed E-state index contributed by atoms with van der Waals surface area (Å²) in [5.74, 6) is -0.304. The van der Waals surface area contributed by atoms with Gasteiger partial charge in [0.1, 0.15) is 5.01 Å². The maximum atomic E-state index is 12.4. The Hall–Kier alpha value is -2.35. The summed E-state index contributed by atoms with van der Waals surface area (Å²) in [5, 5.41) is 12.2. The Balaban J connectivity index is 1.59. The highest BCUT2D eigenvalue weighted by Gasteiger charge is 2.34. The molecule has 0 aliphatic carbocycles. The van der Waals surface area contributed by atoms with Crippen molar-refractivity contribution in [1.82, 2.24) is 20.1 Å². The van der Waals surface area contributed by atoms with E-state index in [1.165, 1.54) is 11.3 Å². The lowest BCUT2D eigenvalue weighted by Crippen LogP contribution is -2.28. The predicted octanol–water partition coefficient (Wildman–Crippen LogP) is 2.04. The van der Waals surface area contributed by atoms with E-state index in [1.54, 1.807) is 11.1 Å². The van der Waals surface area contributed by atoms with Crippen LogP contribution in [-0.4, -0.2) is 38.4 Å². The van der Waals surface area contributed by atoms with Crippen LogP contribution in [0.25, 0.3) is 0 Å². The van der Waals surface area contributed by atoms with Crippen LogP contribution in [0.5, 0.6) is 0 Å². The van der Waals surface area contributed by atoms with Gasteiger partial charge in [-0.2, -0.15) is 0 Å². The lowest BCUT2D eigenvalue weighted by molar-refractivity contribution is -0.128. The van der Waals surface area contributed by atoms with Gasteiger partial charge in [0.2, 0.25) is 16.9 Å². The highest BCUT2D eigenvalue weighted by atomic mass is 32.1. The summed E-state index contributed by atoms with van der Waals surface area (Å²) in [6.07, 6.45) is 1.91. The third-order valence-electron chi connectivity index (χ3n) is 3.83. The number of nitrogens with zero attached hydrogens (tertiary/aromatic N) is 4. The molecule has 1 fully saturated rings. The van der Waals surface area contributed by atoms with Crippen LogP contribution in [0.3, 0.4) is 0 Å². The van der Waals surface area contributed by atoms with Gasteiger partial charge in [0.25, 0.3) is 0 Å². The second kappa shape index (κ2) is 7.04. The highest BCUT2D eigenvalue weighted by Crippen LogP contribution is 2.25. The van der Waals surface area contributed by atoms with Crippen LogP contribution < -0.4 is 5.32 Å². The lowest BCUT2D eigenvalue weighted by atomic mass is 10.1. The Morgan fingerprint density at radius 2 is 2.25 bits per heavy atom. The van der Waals surface area contributed by atoms with Crippen LogP contribution in [-0.2, 0) is 16.1 Å².